The number of hydrogen-bond donors (Lipinski definition) is 0. The zero-order chi connectivity index (χ0) is 17.6. The molecule has 3 rings (SSSR count). The number of nitrogens with zero attached hydrogens (tertiary/aromatic N) is 7. The fourth-order valence-corrected chi connectivity index (χ4v) is 3.46. The van der Waals surface area contributed by atoms with E-state index in [0.29, 0.717) is 25.7 Å². The molecule has 10 nitrogen and oxygen atoms in total. The molecule has 25 heavy (non-hydrogen) atoms. The number of likely N-dealkylation sites (tertiary alicyclic amines) is 1. The Labute approximate surface area is 146 Å². The lowest BCUT2D eigenvalue weighted by atomic mass is 10.2. The Morgan fingerprint density at radius 1 is 1.16 bits per heavy atom. The van der Waals surface area contributed by atoms with Crippen LogP contribution in [0.1, 0.15) is 19.8 Å². The van der Waals surface area contributed by atoms with Crippen LogP contribution in [0.5, 0.6) is 0 Å². The predicted octanol–water partition coefficient (Wildman–Crippen LogP) is -0.562. The van der Waals surface area contributed by atoms with E-state index in [1.165, 1.54) is 11.0 Å². The molecule has 0 aromatic carbocycles. The molecule has 0 radical (unpaired) electrons. The van der Waals surface area contributed by atoms with Crippen molar-refractivity contribution in [2.75, 3.05) is 45.9 Å². The fourth-order valence-electron chi connectivity index (χ4n) is 3.46. The first-order valence-corrected chi connectivity index (χ1v) is 8.81. The molecule has 1 aromatic heterocycles. The second kappa shape index (κ2) is 8.24. The van der Waals surface area contributed by atoms with Crippen LogP contribution in [0.25, 0.3) is 0 Å². The van der Waals surface area contributed by atoms with E-state index in [1.54, 1.807) is 4.90 Å². The quantitative estimate of drug-likeness (QED) is 0.717. The number of hydrogen-bond acceptors (Lipinski definition) is 7. The molecule has 2 amide bonds. The van der Waals surface area contributed by atoms with E-state index in [-0.39, 0.29) is 18.5 Å². The molecule has 0 spiro atoms. The summed E-state index contributed by atoms with van der Waals surface area (Å²) in [6, 6.07) is 0.346. The number of ether oxygens (including phenoxy) is 1. The molecule has 3 heterocycles. The zero-order valence-corrected chi connectivity index (χ0v) is 14.6. The Kier molecular flexibility index (Phi) is 5.79. The van der Waals surface area contributed by atoms with Crippen molar-refractivity contribution in [2.45, 2.75) is 32.4 Å². The normalized spacial score (nSPS) is 22.0. The largest absolute Gasteiger partial charge is 0.450 e. The van der Waals surface area contributed by atoms with E-state index in [1.807, 2.05) is 11.8 Å². The number of carbonyl (C=O) groups excluding carboxylic acids is 2. The lowest BCUT2D eigenvalue weighted by molar-refractivity contribution is -0.132. The maximum absolute atomic E-state index is 12.4. The molecule has 2 aliphatic rings. The minimum absolute atomic E-state index is 0.0359. The Hall–Kier alpha value is -2.23. The summed E-state index contributed by atoms with van der Waals surface area (Å²) in [6.45, 7) is 7.04. The maximum atomic E-state index is 12.4. The topological polar surface area (TPSA) is 96.7 Å². The monoisotopic (exact) mass is 351 g/mol. The molecule has 0 bridgehead atoms. The fraction of sp³-hybridized carbons (Fsp3) is 0.800. The molecule has 0 aliphatic carbocycles. The van der Waals surface area contributed by atoms with E-state index in [9.17, 15) is 9.59 Å². The van der Waals surface area contributed by atoms with Gasteiger partial charge in [-0.15, -0.1) is 5.10 Å². The zero-order valence-electron chi connectivity index (χ0n) is 14.6. The van der Waals surface area contributed by atoms with Crippen LogP contribution < -0.4 is 0 Å². The first-order chi connectivity index (χ1) is 12.2. The maximum Gasteiger partial charge on any atom is 0.409 e. The third-order valence-electron chi connectivity index (χ3n) is 4.78. The second-order valence-electron chi connectivity index (χ2n) is 6.37. The highest BCUT2D eigenvalue weighted by atomic mass is 16.6. The summed E-state index contributed by atoms with van der Waals surface area (Å²) in [5, 5.41) is 10.8. The van der Waals surface area contributed by atoms with Crippen molar-refractivity contribution < 1.29 is 14.3 Å². The Bertz CT molecular complexity index is 580. The summed E-state index contributed by atoms with van der Waals surface area (Å²) in [5.74, 6) is 0.0359. The van der Waals surface area contributed by atoms with Crippen molar-refractivity contribution >= 4 is 12.0 Å². The van der Waals surface area contributed by atoms with Gasteiger partial charge in [0.1, 0.15) is 12.9 Å². The summed E-state index contributed by atoms with van der Waals surface area (Å²) < 4.78 is 6.53. The molecule has 10 heteroatoms. The molecule has 2 fully saturated rings. The summed E-state index contributed by atoms with van der Waals surface area (Å²) >= 11 is 0. The number of carbonyl (C=O) groups is 2. The smallest absolute Gasteiger partial charge is 0.409 e. The highest BCUT2D eigenvalue weighted by Crippen LogP contribution is 2.18. The van der Waals surface area contributed by atoms with Crippen LogP contribution in [0.15, 0.2) is 6.33 Å². The SMILES string of the molecule is CCOC(=O)N1CCC(N2CCCN(C(=O)Cn3cnnn3)CC2)C1. The first-order valence-electron chi connectivity index (χ1n) is 8.81. The van der Waals surface area contributed by atoms with Crippen LogP contribution >= 0.6 is 0 Å². The molecule has 0 saturated carbocycles. The average molecular weight is 351 g/mol. The molecule has 1 atom stereocenters. The van der Waals surface area contributed by atoms with Gasteiger partial charge >= 0.3 is 6.09 Å². The van der Waals surface area contributed by atoms with Crippen molar-refractivity contribution in [3.8, 4) is 0 Å². The van der Waals surface area contributed by atoms with Gasteiger partial charge in [-0.3, -0.25) is 9.69 Å². The summed E-state index contributed by atoms with van der Waals surface area (Å²) in [4.78, 5) is 30.3. The minimum Gasteiger partial charge on any atom is -0.450 e. The average Bonchev–Trinajstić information content (AvgIpc) is 3.23. The number of rotatable bonds is 4. The number of aromatic nitrogens is 4. The van der Waals surface area contributed by atoms with Crippen LogP contribution in [0.2, 0.25) is 0 Å². The van der Waals surface area contributed by atoms with E-state index >= 15 is 0 Å². The van der Waals surface area contributed by atoms with Gasteiger partial charge in [0.05, 0.1) is 6.61 Å². The van der Waals surface area contributed by atoms with Crippen molar-refractivity contribution in [1.82, 2.24) is 34.9 Å². The van der Waals surface area contributed by atoms with E-state index < -0.39 is 0 Å². The molecule has 2 saturated heterocycles. The van der Waals surface area contributed by atoms with Gasteiger partial charge in [0.15, 0.2) is 0 Å². The van der Waals surface area contributed by atoms with Crippen LogP contribution in [0.4, 0.5) is 4.79 Å². The van der Waals surface area contributed by atoms with Gasteiger partial charge in [-0.2, -0.15) is 0 Å². The highest BCUT2D eigenvalue weighted by Gasteiger charge is 2.32. The first kappa shape index (κ1) is 17.6. The molecular formula is C15H25N7O3. The van der Waals surface area contributed by atoms with Gasteiger partial charge in [0.25, 0.3) is 0 Å². The third kappa shape index (κ3) is 4.44. The van der Waals surface area contributed by atoms with Crippen LogP contribution in [-0.4, -0.2) is 98.8 Å². The van der Waals surface area contributed by atoms with Crippen molar-refractivity contribution in [3.63, 3.8) is 0 Å². The van der Waals surface area contributed by atoms with Gasteiger partial charge in [0.2, 0.25) is 5.91 Å². The molecular weight excluding hydrogens is 326 g/mol. The Morgan fingerprint density at radius 3 is 2.80 bits per heavy atom. The van der Waals surface area contributed by atoms with Crippen molar-refractivity contribution in [2.24, 2.45) is 0 Å². The van der Waals surface area contributed by atoms with Gasteiger partial charge in [-0.25, -0.2) is 9.48 Å². The molecule has 0 N–H and O–H groups in total. The number of tetrazole rings is 1. The van der Waals surface area contributed by atoms with Gasteiger partial charge in [0, 0.05) is 45.3 Å². The lowest BCUT2D eigenvalue weighted by Crippen LogP contribution is -2.42. The van der Waals surface area contributed by atoms with E-state index in [2.05, 4.69) is 20.4 Å². The second-order valence-corrected chi connectivity index (χ2v) is 6.37. The number of amides is 2. The van der Waals surface area contributed by atoms with Crippen LogP contribution in [-0.2, 0) is 16.1 Å². The van der Waals surface area contributed by atoms with Gasteiger partial charge in [-0.1, -0.05) is 0 Å². The van der Waals surface area contributed by atoms with Crippen LogP contribution in [0.3, 0.4) is 0 Å². The van der Waals surface area contributed by atoms with E-state index in [4.69, 9.17) is 4.74 Å². The standard InChI is InChI=1S/C15H25N7O3/c1-2-25-15(24)21-7-4-13(10-21)19-5-3-6-20(9-8-19)14(23)11-22-12-16-17-18-22/h12-13H,2-11H2,1H3. The van der Waals surface area contributed by atoms with Crippen LogP contribution in [0, 0.1) is 0 Å². The molecule has 2 aliphatic heterocycles. The van der Waals surface area contributed by atoms with Crippen molar-refractivity contribution in [3.05, 3.63) is 6.33 Å². The Morgan fingerprint density at radius 2 is 2.04 bits per heavy atom. The van der Waals surface area contributed by atoms with E-state index in [0.717, 1.165) is 39.0 Å². The minimum atomic E-state index is -0.224. The summed E-state index contributed by atoms with van der Waals surface area (Å²) in [6.07, 6.45) is 3.11. The molecule has 1 aromatic rings. The predicted molar refractivity (Wildman–Crippen MR) is 87.6 cm³/mol. The summed E-state index contributed by atoms with van der Waals surface area (Å²) in [7, 11) is 0. The highest BCUT2D eigenvalue weighted by molar-refractivity contribution is 5.75. The Balaban J connectivity index is 1.48. The van der Waals surface area contributed by atoms with Gasteiger partial charge < -0.3 is 14.5 Å². The third-order valence-corrected chi connectivity index (χ3v) is 4.78. The molecule has 138 valence electrons. The molecule has 1 unspecified atom stereocenters. The lowest BCUT2D eigenvalue weighted by Gasteiger charge is -2.27. The van der Waals surface area contributed by atoms with Gasteiger partial charge in [-0.05, 0) is 30.2 Å². The van der Waals surface area contributed by atoms with Crippen molar-refractivity contribution in [1.29, 1.82) is 0 Å². The summed E-state index contributed by atoms with van der Waals surface area (Å²) in [5.41, 5.74) is 0.